The summed E-state index contributed by atoms with van der Waals surface area (Å²) >= 11 is 0. The van der Waals surface area contributed by atoms with E-state index in [1.165, 1.54) is 12.6 Å². The van der Waals surface area contributed by atoms with Gasteiger partial charge in [-0.2, -0.15) is 0 Å². The van der Waals surface area contributed by atoms with E-state index < -0.39 is 0 Å². The van der Waals surface area contributed by atoms with Gasteiger partial charge in [-0.3, -0.25) is 5.41 Å². The van der Waals surface area contributed by atoms with Gasteiger partial charge in [-0.25, -0.2) is 4.98 Å². The van der Waals surface area contributed by atoms with Crippen LogP contribution in [0.5, 0.6) is 0 Å². The van der Waals surface area contributed by atoms with Crippen molar-refractivity contribution < 1.29 is 4.42 Å². The first-order chi connectivity index (χ1) is 4.88. The van der Waals surface area contributed by atoms with Crippen LogP contribution in [0.4, 0.5) is 0 Å². The highest BCUT2D eigenvalue weighted by atomic mass is 16.3. The van der Waals surface area contributed by atoms with Gasteiger partial charge in [-0.1, -0.05) is 0 Å². The summed E-state index contributed by atoms with van der Waals surface area (Å²) in [7, 11) is 0. The summed E-state index contributed by atoms with van der Waals surface area (Å²) in [5.41, 5.74) is 1.12. The predicted molar refractivity (Wildman–Crippen MR) is 34.2 cm³/mol. The summed E-state index contributed by atoms with van der Waals surface area (Å²) in [5.74, 6) is 0. The van der Waals surface area contributed by atoms with Gasteiger partial charge in [-0.05, 0) is 0 Å². The summed E-state index contributed by atoms with van der Waals surface area (Å²) in [6.07, 6.45) is 2.96. The Hall–Kier alpha value is -1.58. The molecule has 4 nitrogen and oxygen atoms in total. The molecule has 4 heteroatoms. The van der Waals surface area contributed by atoms with E-state index in [1.807, 2.05) is 0 Å². The van der Waals surface area contributed by atoms with Crippen molar-refractivity contribution in [2.45, 2.75) is 0 Å². The lowest BCUT2D eigenvalue weighted by molar-refractivity contribution is 0.590. The molecular weight excluding hydrogens is 130 g/mol. The summed E-state index contributed by atoms with van der Waals surface area (Å²) in [4.78, 5) is 6.63. The van der Waals surface area contributed by atoms with Crippen LogP contribution in [0.25, 0.3) is 11.2 Å². The highest BCUT2D eigenvalue weighted by molar-refractivity contribution is 5.65. The Morgan fingerprint density at radius 3 is 3.30 bits per heavy atom. The van der Waals surface area contributed by atoms with Crippen LogP contribution in [-0.2, 0) is 0 Å². The lowest BCUT2D eigenvalue weighted by Gasteiger charge is -1.83. The second kappa shape index (κ2) is 1.70. The van der Waals surface area contributed by atoms with Crippen LogP contribution in [0.15, 0.2) is 23.1 Å². The average molecular weight is 135 g/mol. The van der Waals surface area contributed by atoms with Crippen molar-refractivity contribution in [3.8, 4) is 0 Å². The molecule has 10 heavy (non-hydrogen) atoms. The fraction of sp³-hybridized carbons (Fsp3) is 0. The van der Waals surface area contributed by atoms with E-state index in [1.54, 1.807) is 6.07 Å². The molecule has 0 unspecified atom stereocenters. The van der Waals surface area contributed by atoms with Gasteiger partial charge in [0.05, 0.1) is 17.9 Å². The van der Waals surface area contributed by atoms with E-state index in [4.69, 9.17) is 9.83 Å². The molecule has 50 valence electrons. The molecule has 0 saturated carbocycles. The Morgan fingerprint density at radius 1 is 1.60 bits per heavy atom. The summed E-state index contributed by atoms with van der Waals surface area (Å²) in [6, 6.07) is 1.57. The molecule has 0 aromatic carbocycles. The number of hydrogen-bond donors (Lipinski definition) is 2. The Labute approximate surface area is 56.0 Å². The number of imidazole rings is 1. The number of nitrogens with one attached hydrogen (secondary N) is 2. The maximum Gasteiger partial charge on any atom is 0.246 e. The number of aromatic nitrogens is 2. The van der Waals surface area contributed by atoms with Crippen LogP contribution in [0.3, 0.4) is 0 Å². The quantitative estimate of drug-likeness (QED) is 0.556. The first kappa shape index (κ1) is 5.22. The van der Waals surface area contributed by atoms with Gasteiger partial charge < -0.3 is 9.40 Å². The van der Waals surface area contributed by atoms with Crippen molar-refractivity contribution in [1.29, 1.82) is 5.41 Å². The predicted octanol–water partition coefficient (Wildman–Crippen LogP) is 0.635. The molecule has 2 aromatic heterocycles. The molecule has 0 spiro atoms. The minimum absolute atomic E-state index is 0.402. The summed E-state index contributed by atoms with van der Waals surface area (Å²) < 4.78 is 4.97. The zero-order valence-electron chi connectivity index (χ0n) is 5.09. The smallest absolute Gasteiger partial charge is 0.246 e. The number of nitrogens with zero attached hydrogens (tertiary/aromatic N) is 1. The third-order valence-electron chi connectivity index (χ3n) is 1.29. The molecule has 2 heterocycles. The number of aromatic amines is 1. The van der Waals surface area contributed by atoms with Crippen molar-refractivity contribution in [2.75, 3.05) is 0 Å². The largest absolute Gasteiger partial charge is 0.445 e. The van der Waals surface area contributed by atoms with Crippen LogP contribution >= 0.6 is 0 Å². The molecule has 0 radical (unpaired) electrons. The number of fused-ring (bicyclic) bond motifs is 1. The van der Waals surface area contributed by atoms with E-state index in [0.29, 0.717) is 16.6 Å². The van der Waals surface area contributed by atoms with E-state index in [-0.39, 0.29) is 0 Å². The molecule has 0 aliphatic rings. The molecule has 0 saturated heterocycles. The topological polar surface area (TPSA) is 65.7 Å². The first-order valence-electron chi connectivity index (χ1n) is 2.83. The van der Waals surface area contributed by atoms with E-state index in [0.717, 1.165) is 0 Å². The van der Waals surface area contributed by atoms with Gasteiger partial charge in [-0.15, -0.1) is 0 Å². The third-order valence-corrected chi connectivity index (χ3v) is 1.29. The Balaban J connectivity index is 3.09. The number of H-pyrrole nitrogens is 1. The van der Waals surface area contributed by atoms with Crippen LogP contribution < -0.4 is 5.36 Å². The van der Waals surface area contributed by atoms with Crippen LogP contribution in [0.1, 0.15) is 0 Å². The van der Waals surface area contributed by atoms with Gasteiger partial charge in [0, 0.05) is 6.07 Å². The molecule has 2 N–H and O–H groups in total. The SMILES string of the molecule is N=c1ccoc2nc[nH]c12. The van der Waals surface area contributed by atoms with E-state index in [2.05, 4.69) is 9.97 Å². The minimum Gasteiger partial charge on any atom is -0.445 e. The lowest BCUT2D eigenvalue weighted by Crippen LogP contribution is -1.97. The van der Waals surface area contributed by atoms with Crippen molar-refractivity contribution in [1.82, 2.24) is 9.97 Å². The van der Waals surface area contributed by atoms with Crippen molar-refractivity contribution in [3.63, 3.8) is 0 Å². The molecule has 0 amide bonds. The minimum atomic E-state index is 0.402. The second-order valence-corrected chi connectivity index (χ2v) is 1.92. The van der Waals surface area contributed by atoms with Crippen LogP contribution in [0.2, 0.25) is 0 Å². The Bertz CT molecular complexity index is 400. The Morgan fingerprint density at radius 2 is 2.50 bits per heavy atom. The third kappa shape index (κ3) is 0.556. The zero-order chi connectivity index (χ0) is 6.97. The fourth-order valence-electron chi connectivity index (χ4n) is 0.814. The number of hydrogen-bond acceptors (Lipinski definition) is 3. The second-order valence-electron chi connectivity index (χ2n) is 1.92. The fourth-order valence-corrected chi connectivity index (χ4v) is 0.814. The van der Waals surface area contributed by atoms with Crippen molar-refractivity contribution in [3.05, 3.63) is 24.0 Å². The molecule has 0 bridgehead atoms. The molecule has 0 aliphatic carbocycles. The zero-order valence-corrected chi connectivity index (χ0v) is 5.09. The average Bonchev–Trinajstić information content (AvgIpc) is 2.36. The van der Waals surface area contributed by atoms with Crippen LogP contribution in [0, 0.1) is 5.41 Å². The number of rotatable bonds is 0. The standard InChI is InChI=1S/C6H5N3O/c7-4-1-2-10-6-5(4)8-3-9-6/h1-3,7H,(H,8,9). The maximum absolute atomic E-state index is 7.35. The molecule has 0 aliphatic heterocycles. The van der Waals surface area contributed by atoms with Gasteiger partial charge in [0.1, 0.15) is 5.52 Å². The normalized spacial score (nSPS) is 10.4. The first-order valence-corrected chi connectivity index (χ1v) is 2.83. The maximum atomic E-state index is 7.35. The highest BCUT2D eigenvalue weighted by Gasteiger charge is 1.96. The molecule has 0 fully saturated rings. The Kier molecular flexibility index (Phi) is 0.887. The summed E-state index contributed by atoms with van der Waals surface area (Å²) in [5, 5.41) is 7.75. The monoisotopic (exact) mass is 135 g/mol. The van der Waals surface area contributed by atoms with Crippen molar-refractivity contribution in [2.24, 2.45) is 0 Å². The van der Waals surface area contributed by atoms with Gasteiger partial charge >= 0.3 is 0 Å². The van der Waals surface area contributed by atoms with Gasteiger partial charge in [0.15, 0.2) is 0 Å². The molecular formula is C6H5N3O. The molecule has 2 rings (SSSR count). The van der Waals surface area contributed by atoms with Gasteiger partial charge in [0.2, 0.25) is 5.71 Å². The molecule has 2 aromatic rings. The lowest BCUT2D eigenvalue weighted by atomic mass is 10.4. The van der Waals surface area contributed by atoms with E-state index >= 15 is 0 Å². The van der Waals surface area contributed by atoms with Crippen LogP contribution in [-0.4, -0.2) is 9.97 Å². The highest BCUT2D eigenvalue weighted by Crippen LogP contribution is 2.00. The van der Waals surface area contributed by atoms with E-state index in [9.17, 15) is 0 Å². The summed E-state index contributed by atoms with van der Waals surface area (Å²) in [6.45, 7) is 0. The van der Waals surface area contributed by atoms with Gasteiger partial charge in [0.25, 0.3) is 0 Å². The van der Waals surface area contributed by atoms with Crippen molar-refractivity contribution >= 4 is 11.2 Å². The molecule has 0 atom stereocenters.